The number of rotatable bonds is 46. The molecule has 1 unspecified atom stereocenters. The second-order valence-corrected chi connectivity index (χ2v) is 17.0. The summed E-state index contributed by atoms with van der Waals surface area (Å²) in [5.74, 6) is -1.03. The van der Waals surface area contributed by atoms with Crippen molar-refractivity contribution in [3.8, 4) is 0 Å². The molecule has 0 radical (unpaired) electrons. The predicted molar refractivity (Wildman–Crippen MR) is 279 cm³/mol. The van der Waals surface area contributed by atoms with Crippen LogP contribution in [0.25, 0.3) is 0 Å². The van der Waals surface area contributed by atoms with Gasteiger partial charge in [0.15, 0.2) is 6.10 Å². The molecule has 0 fully saturated rings. The van der Waals surface area contributed by atoms with E-state index in [9.17, 15) is 14.4 Å². The van der Waals surface area contributed by atoms with Crippen molar-refractivity contribution in [2.24, 2.45) is 0 Å². The van der Waals surface area contributed by atoms with Crippen LogP contribution < -0.4 is 0 Å². The van der Waals surface area contributed by atoms with Gasteiger partial charge in [0.1, 0.15) is 13.2 Å². The van der Waals surface area contributed by atoms with E-state index in [1.165, 1.54) is 70.6 Å². The Balaban J connectivity index is 4.57. The Labute approximate surface area is 400 Å². The Morgan fingerprint density at radius 3 is 1.05 bits per heavy atom. The minimum absolute atomic E-state index is 0.118. The second kappa shape index (κ2) is 52.7. The van der Waals surface area contributed by atoms with Crippen LogP contribution >= 0.6 is 0 Å². The molecule has 0 aromatic heterocycles. The van der Waals surface area contributed by atoms with Crippen molar-refractivity contribution in [1.29, 1.82) is 0 Å². The molecule has 0 rings (SSSR count). The van der Waals surface area contributed by atoms with Crippen LogP contribution in [-0.2, 0) is 28.6 Å². The Hall–Kier alpha value is -3.93. The van der Waals surface area contributed by atoms with Gasteiger partial charge in [-0.2, -0.15) is 0 Å². The summed E-state index contributed by atoms with van der Waals surface area (Å²) in [5, 5.41) is 0. The molecule has 6 heteroatoms. The van der Waals surface area contributed by atoms with Crippen molar-refractivity contribution < 1.29 is 28.6 Å². The molecule has 6 nitrogen and oxygen atoms in total. The fraction of sp³-hybridized carbons (Fsp3) is 0.644. The highest BCUT2D eigenvalue weighted by Gasteiger charge is 2.19. The van der Waals surface area contributed by atoms with Crippen molar-refractivity contribution in [2.45, 2.75) is 232 Å². The topological polar surface area (TPSA) is 78.9 Å². The van der Waals surface area contributed by atoms with E-state index < -0.39 is 6.10 Å². The van der Waals surface area contributed by atoms with Crippen LogP contribution in [0.1, 0.15) is 226 Å². The lowest BCUT2D eigenvalue weighted by Gasteiger charge is -2.18. The number of unbranched alkanes of at least 4 members (excludes halogenated alkanes) is 17. The van der Waals surface area contributed by atoms with Gasteiger partial charge in [-0.15, -0.1) is 0 Å². The molecule has 0 bridgehead atoms. The maximum Gasteiger partial charge on any atom is 0.306 e. The summed E-state index contributed by atoms with van der Waals surface area (Å²) in [7, 11) is 0. The van der Waals surface area contributed by atoms with E-state index in [0.717, 1.165) is 103 Å². The Bertz CT molecular complexity index is 1360. The summed E-state index contributed by atoms with van der Waals surface area (Å²) in [6.07, 6.45) is 70.8. The van der Waals surface area contributed by atoms with Crippen molar-refractivity contribution in [3.63, 3.8) is 0 Å². The van der Waals surface area contributed by atoms with Gasteiger partial charge in [-0.1, -0.05) is 194 Å². The second-order valence-electron chi connectivity index (χ2n) is 17.0. The number of allylic oxidation sites excluding steroid dienone is 18. The van der Waals surface area contributed by atoms with Crippen molar-refractivity contribution in [2.75, 3.05) is 13.2 Å². The fourth-order valence-electron chi connectivity index (χ4n) is 6.77. The van der Waals surface area contributed by atoms with Gasteiger partial charge in [0.05, 0.1) is 0 Å². The number of hydrogen-bond acceptors (Lipinski definition) is 6. The standard InChI is InChI=1S/C59H96O6/c1-4-7-10-13-16-19-22-25-28-30-32-34-37-40-43-46-49-52-58(61)64-55-56(54-63-57(60)51-48-45-42-39-36-33-27-24-21-18-15-12-9-6-3)65-59(62)53-50-47-44-41-38-35-31-29-26-23-20-17-14-11-8-5-2/h8,11,16-17,19-20,25-26,28-29,32-36,38,40,43,56H,4-7,9-10,12-15,18,21-24,27,30-31,37,39,41-42,44-55H2,1-3H3/b11-8-,19-16-,20-17-,28-25-,29-26-,34-32-,36-33-,38-35-,43-40-. The lowest BCUT2D eigenvalue weighted by Crippen LogP contribution is -2.30. The first-order valence-corrected chi connectivity index (χ1v) is 26.4. The highest BCUT2D eigenvalue weighted by molar-refractivity contribution is 5.71. The largest absolute Gasteiger partial charge is 0.462 e. The van der Waals surface area contributed by atoms with E-state index in [1.807, 2.05) is 0 Å². The number of carbonyl (C=O) groups is 3. The normalized spacial score (nSPS) is 13.0. The van der Waals surface area contributed by atoms with E-state index in [2.05, 4.69) is 130 Å². The third-order valence-electron chi connectivity index (χ3n) is 10.7. The van der Waals surface area contributed by atoms with Crippen molar-refractivity contribution in [1.82, 2.24) is 0 Å². The number of hydrogen-bond donors (Lipinski definition) is 0. The lowest BCUT2D eigenvalue weighted by molar-refractivity contribution is -0.167. The highest BCUT2D eigenvalue weighted by Crippen LogP contribution is 2.12. The van der Waals surface area contributed by atoms with E-state index in [4.69, 9.17) is 14.2 Å². The van der Waals surface area contributed by atoms with Gasteiger partial charge in [-0.25, -0.2) is 0 Å². The van der Waals surface area contributed by atoms with E-state index in [-0.39, 0.29) is 44.0 Å². The predicted octanol–water partition coefficient (Wildman–Crippen LogP) is 17.5. The van der Waals surface area contributed by atoms with Gasteiger partial charge in [0.2, 0.25) is 0 Å². The third-order valence-corrected chi connectivity index (χ3v) is 10.7. The smallest absolute Gasteiger partial charge is 0.306 e. The molecule has 65 heavy (non-hydrogen) atoms. The summed E-state index contributed by atoms with van der Waals surface area (Å²) < 4.78 is 16.7. The van der Waals surface area contributed by atoms with Crippen LogP contribution in [0.4, 0.5) is 0 Å². The zero-order valence-electron chi connectivity index (χ0n) is 42.0. The van der Waals surface area contributed by atoms with Crippen LogP contribution in [0, 0.1) is 0 Å². The fourth-order valence-corrected chi connectivity index (χ4v) is 6.77. The molecule has 1 atom stereocenters. The van der Waals surface area contributed by atoms with Crippen LogP contribution in [0.5, 0.6) is 0 Å². The average molecular weight is 901 g/mol. The molecule has 368 valence electrons. The summed E-state index contributed by atoms with van der Waals surface area (Å²) >= 11 is 0. The molecular formula is C59H96O6. The number of esters is 3. The molecular weight excluding hydrogens is 805 g/mol. The molecule has 0 saturated heterocycles. The first kappa shape index (κ1) is 61.1. The minimum Gasteiger partial charge on any atom is -0.462 e. The Morgan fingerprint density at radius 2 is 0.615 bits per heavy atom. The maximum atomic E-state index is 12.8. The average Bonchev–Trinajstić information content (AvgIpc) is 3.30. The molecule has 0 aliphatic heterocycles. The SMILES string of the molecule is CC/C=C\C/C=C\C/C=C\C/C=C\CCCCCC(=O)OC(COC(=O)CCC/C=C\C/C=C\C/C=C\C/C=C\CCCCC)COC(=O)CCCCC/C=C\CCCCCCCCC. The Kier molecular flexibility index (Phi) is 49.5. The lowest BCUT2D eigenvalue weighted by atomic mass is 10.1. The highest BCUT2D eigenvalue weighted by atomic mass is 16.6. The molecule has 0 aromatic rings. The van der Waals surface area contributed by atoms with Gasteiger partial charge >= 0.3 is 17.9 Å². The molecule has 0 saturated carbocycles. The van der Waals surface area contributed by atoms with Gasteiger partial charge in [0, 0.05) is 19.3 Å². The molecule has 0 N–H and O–H groups in total. The van der Waals surface area contributed by atoms with Crippen molar-refractivity contribution in [3.05, 3.63) is 109 Å². The maximum absolute atomic E-state index is 12.8. The number of ether oxygens (including phenoxy) is 3. The van der Waals surface area contributed by atoms with Gasteiger partial charge in [-0.05, 0) is 122 Å². The minimum atomic E-state index is -0.824. The molecule has 0 aliphatic rings. The van der Waals surface area contributed by atoms with Crippen LogP contribution in [-0.4, -0.2) is 37.2 Å². The first-order valence-electron chi connectivity index (χ1n) is 26.4. The van der Waals surface area contributed by atoms with Crippen LogP contribution in [0.2, 0.25) is 0 Å². The molecule has 0 heterocycles. The molecule has 0 amide bonds. The summed E-state index contributed by atoms with van der Waals surface area (Å²) in [6, 6.07) is 0. The molecule has 0 aliphatic carbocycles. The Morgan fingerprint density at radius 1 is 0.323 bits per heavy atom. The van der Waals surface area contributed by atoms with E-state index in [1.54, 1.807) is 0 Å². The van der Waals surface area contributed by atoms with Crippen LogP contribution in [0.15, 0.2) is 109 Å². The summed E-state index contributed by atoms with van der Waals surface area (Å²) in [4.78, 5) is 38.0. The van der Waals surface area contributed by atoms with Gasteiger partial charge < -0.3 is 14.2 Å². The quantitative estimate of drug-likeness (QED) is 0.0262. The third kappa shape index (κ3) is 50.9. The van der Waals surface area contributed by atoms with Gasteiger partial charge in [-0.3, -0.25) is 14.4 Å². The molecule has 0 aromatic carbocycles. The van der Waals surface area contributed by atoms with Gasteiger partial charge in [0.25, 0.3) is 0 Å². The number of carbonyl (C=O) groups excluding carboxylic acids is 3. The summed E-state index contributed by atoms with van der Waals surface area (Å²) in [5.41, 5.74) is 0. The van der Waals surface area contributed by atoms with E-state index in [0.29, 0.717) is 19.3 Å². The molecule has 0 spiro atoms. The van der Waals surface area contributed by atoms with Crippen molar-refractivity contribution >= 4 is 17.9 Å². The zero-order valence-corrected chi connectivity index (χ0v) is 42.0. The summed E-state index contributed by atoms with van der Waals surface area (Å²) in [6.45, 7) is 6.39. The zero-order chi connectivity index (χ0) is 47.2. The monoisotopic (exact) mass is 901 g/mol. The van der Waals surface area contributed by atoms with Crippen LogP contribution in [0.3, 0.4) is 0 Å². The van der Waals surface area contributed by atoms with E-state index >= 15 is 0 Å². The first-order chi connectivity index (χ1) is 32.0.